The van der Waals surface area contributed by atoms with E-state index in [4.69, 9.17) is 11.6 Å². The predicted octanol–water partition coefficient (Wildman–Crippen LogP) is 3.17. The van der Waals surface area contributed by atoms with Gasteiger partial charge in [-0.25, -0.2) is 9.97 Å². The van der Waals surface area contributed by atoms with E-state index < -0.39 is 0 Å². The van der Waals surface area contributed by atoms with E-state index in [-0.39, 0.29) is 0 Å². The van der Waals surface area contributed by atoms with Gasteiger partial charge in [0.05, 0.1) is 10.7 Å². The maximum absolute atomic E-state index is 6.52. The molecule has 1 fully saturated rings. The molecule has 0 bridgehead atoms. The molecule has 0 radical (unpaired) electrons. The van der Waals surface area contributed by atoms with E-state index in [0.29, 0.717) is 5.65 Å². The quantitative estimate of drug-likeness (QED) is 0.779. The van der Waals surface area contributed by atoms with Gasteiger partial charge in [0.25, 0.3) is 0 Å². The smallest absolute Gasteiger partial charge is 0.180 e. The fraction of sp³-hybridized carbons (Fsp3) is 0.278. The van der Waals surface area contributed by atoms with Crippen molar-refractivity contribution in [2.45, 2.75) is 0 Å². The zero-order valence-corrected chi connectivity index (χ0v) is 14.7. The molecule has 0 aliphatic carbocycles. The predicted molar refractivity (Wildman–Crippen MR) is 102 cm³/mol. The van der Waals surface area contributed by atoms with Gasteiger partial charge in [0, 0.05) is 44.3 Å². The number of likely N-dealkylation sites (N-methyl/N-ethyl adjacent to an activating group) is 1. The van der Waals surface area contributed by atoms with Crippen molar-refractivity contribution in [2.75, 3.05) is 43.4 Å². The lowest BCUT2D eigenvalue weighted by Gasteiger charge is -2.34. The second kappa shape index (κ2) is 6.82. The van der Waals surface area contributed by atoms with Crippen LogP contribution in [0.4, 0.5) is 17.2 Å². The van der Waals surface area contributed by atoms with Crippen LogP contribution in [0.2, 0.25) is 5.02 Å². The molecule has 1 aliphatic heterocycles. The summed E-state index contributed by atoms with van der Waals surface area (Å²) in [6.07, 6.45) is 3.30. The van der Waals surface area contributed by atoms with E-state index in [9.17, 15) is 0 Å². The Balaban J connectivity index is 1.53. The maximum atomic E-state index is 6.52. The molecule has 0 amide bonds. The van der Waals surface area contributed by atoms with Crippen molar-refractivity contribution in [1.82, 2.24) is 19.9 Å². The highest BCUT2D eigenvalue weighted by molar-refractivity contribution is 6.33. The van der Waals surface area contributed by atoms with Crippen LogP contribution in [0.3, 0.4) is 0 Å². The van der Waals surface area contributed by atoms with E-state index in [1.54, 1.807) is 12.4 Å². The number of hydrogen-bond donors (Lipinski definition) is 1. The minimum atomic E-state index is 0.618. The van der Waals surface area contributed by atoms with Crippen molar-refractivity contribution in [3.63, 3.8) is 0 Å². The summed E-state index contributed by atoms with van der Waals surface area (Å²) in [4.78, 5) is 17.6. The summed E-state index contributed by atoms with van der Waals surface area (Å²) >= 11 is 6.52. The highest BCUT2D eigenvalue weighted by atomic mass is 35.5. The molecule has 0 saturated carbocycles. The van der Waals surface area contributed by atoms with E-state index >= 15 is 0 Å². The number of nitrogens with zero attached hydrogens (tertiary/aromatic N) is 5. The van der Waals surface area contributed by atoms with Crippen molar-refractivity contribution in [1.29, 1.82) is 0 Å². The third kappa shape index (κ3) is 3.50. The van der Waals surface area contributed by atoms with Crippen LogP contribution in [0, 0.1) is 0 Å². The average Bonchev–Trinajstić information content (AvgIpc) is 2.63. The Hall–Kier alpha value is -2.44. The first-order valence-corrected chi connectivity index (χ1v) is 8.65. The van der Waals surface area contributed by atoms with Gasteiger partial charge >= 0.3 is 0 Å². The lowest BCUT2D eigenvalue weighted by Crippen LogP contribution is -2.44. The first-order valence-electron chi connectivity index (χ1n) is 8.27. The van der Waals surface area contributed by atoms with Crippen LogP contribution in [0.1, 0.15) is 0 Å². The average molecular weight is 355 g/mol. The van der Waals surface area contributed by atoms with Gasteiger partial charge in [0.2, 0.25) is 0 Å². The standard InChI is InChI=1S/C18H19ClN6/c1-24-8-10-25(11-9-24)16-4-2-13(12-14(16)19)22-17-5-3-15-18(23-17)21-7-6-20-15/h2-7,12H,8-11H2,1H3,(H,21,22,23). The van der Waals surface area contributed by atoms with Gasteiger partial charge in [0.15, 0.2) is 5.65 Å². The largest absolute Gasteiger partial charge is 0.368 e. The summed E-state index contributed by atoms with van der Waals surface area (Å²) in [7, 11) is 2.15. The molecule has 1 aromatic carbocycles. The van der Waals surface area contributed by atoms with Crippen molar-refractivity contribution in [3.8, 4) is 0 Å². The number of rotatable bonds is 3. The number of aromatic nitrogens is 3. The van der Waals surface area contributed by atoms with Crippen LogP contribution in [0.25, 0.3) is 11.2 Å². The van der Waals surface area contributed by atoms with Crippen LogP contribution in [-0.2, 0) is 0 Å². The molecular formula is C18H19ClN6. The second-order valence-corrected chi connectivity index (χ2v) is 6.58. The summed E-state index contributed by atoms with van der Waals surface area (Å²) in [5.41, 5.74) is 3.38. The highest BCUT2D eigenvalue weighted by Crippen LogP contribution is 2.30. The van der Waals surface area contributed by atoms with Gasteiger partial charge in [-0.05, 0) is 37.4 Å². The van der Waals surface area contributed by atoms with Crippen LogP contribution >= 0.6 is 11.6 Å². The second-order valence-electron chi connectivity index (χ2n) is 6.18. The molecule has 128 valence electrons. The number of piperazine rings is 1. The van der Waals surface area contributed by atoms with E-state index in [1.807, 2.05) is 24.3 Å². The molecule has 3 aromatic rings. The van der Waals surface area contributed by atoms with Crippen LogP contribution < -0.4 is 10.2 Å². The Morgan fingerprint density at radius 2 is 1.80 bits per heavy atom. The molecule has 1 saturated heterocycles. The van der Waals surface area contributed by atoms with Crippen molar-refractivity contribution in [3.05, 3.63) is 47.7 Å². The molecular weight excluding hydrogens is 336 g/mol. The van der Waals surface area contributed by atoms with Gasteiger partial charge in [-0.1, -0.05) is 11.6 Å². The van der Waals surface area contributed by atoms with Gasteiger partial charge in [-0.15, -0.1) is 0 Å². The first-order chi connectivity index (χ1) is 12.2. The Morgan fingerprint density at radius 3 is 2.60 bits per heavy atom. The van der Waals surface area contributed by atoms with E-state index in [1.165, 1.54) is 0 Å². The van der Waals surface area contributed by atoms with Crippen LogP contribution in [0.15, 0.2) is 42.7 Å². The first kappa shape index (κ1) is 16.1. The maximum Gasteiger partial charge on any atom is 0.180 e. The SMILES string of the molecule is CN1CCN(c2ccc(Nc3ccc4nccnc4n3)cc2Cl)CC1. The van der Waals surface area contributed by atoms with Gasteiger partial charge < -0.3 is 15.1 Å². The zero-order chi connectivity index (χ0) is 17.2. The third-order valence-electron chi connectivity index (χ3n) is 4.40. The lowest BCUT2D eigenvalue weighted by molar-refractivity contribution is 0.313. The number of pyridine rings is 1. The number of benzene rings is 1. The fourth-order valence-corrected chi connectivity index (χ4v) is 3.26. The van der Waals surface area contributed by atoms with Gasteiger partial charge in [-0.3, -0.25) is 4.98 Å². The number of nitrogens with one attached hydrogen (secondary N) is 1. The fourth-order valence-electron chi connectivity index (χ4n) is 2.96. The Morgan fingerprint density at radius 1 is 1.00 bits per heavy atom. The van der Waals surface area contributed by atoms with E-state index in [0.717, 1.165) is 53.9 Å². The van der Waals surface area contributed by atoms with Crippen LogP contribution in [-0.4, -0.2) is 53.1 Å². The molecule has 2 aromatic heterocycles. The lowest BCUT2D eigenvalue weighted by atomic mass is 10.2. The molecule has 4 rings (SSSR count). The zero-order valence-electron chi connectivity index (χ0n) is 14.0. The van der Waals surface area contributed by atoms with E-state index in [2.05, 4.69) is 43.2 Å². The Labute approximate surface area is 151 Å². The summed E-state index contributed by atoms with van der Waals surface area (Å²) < 4.78 is 0. The molecule has 0 atom stereocenters. The normalized spacial score (nSPS) is 15.5. The molecule has 3 heterocycles. The molecule has 6 nitrogen and oxygen atoms in total. The summed E-state index contributed by atoms with van der Waals surface area (Å²) in [5.74, 6) is 0.719. The highest BCUT2D eigenvalue weighted by Gasteiger charge is 2.16. The minimum Gasteiger partial charge on any atom is -0.368 e. The van der Waals surface area contributed by atoms with Crippen molar-refractivity contribution in [2.24, 2.45) is 0 Å². The molecule has 0 unspecified atom stereocenters. The third-order valence-corrected chi connectivity index (χ3v) is 4.70. The summed E-state index contributed by atoms with van der Waals surface area (Å²) in [6, 6.07) is 9.83. The van der Waals surface area contributed by atoms with Crippen molar-refractivity contribution >= 4 is 40.0 Å². The number of halogens is 1. The van der Waals surface area contributed by atoms with Gasteiger partial charge in [0.1, 0.15) is 11.3 Å². The monoisotopic (exact) mass is 354 g/mol. The topological polar surface area (TPSA) is 57.2 Å². The number of fused-ring (bicyclic) bond motifs is 1. The Bertz CT molecular complexity index is 892. The Kier molecular flexibility index (Phi) is 4.38. The number of anilines is 3. The number of hydrogen-bond acceptors (Lipinski definition) is 6. The minimum absolute atomic E-state index is 0.618. The summed E-state index contributed by atoms with van der Waals surface area (Å²) in [5, 5.41) is 4.03. The van der Waals surface area contributed by atoms with Crippen LogP contribution in [0.5, 0.6) is 0 Å². The molecule has 25 heavy (non-hydrogen) atoms. The molecule has 0 spiro atoms. The molecule has 1 N–H and O–H groups in total. The molecule has 7 heteroatoms. The molecule has 1 aliphatic rings. The van der Waals surface area contributed by atoms with Crippen molar-refractivity contribution < 1.29 is 0 Å². The van der Waals surface area contributed by atoms with Gasteiger partial charge in [-0.2, -0.15) is 0 Å². The summed E-state index contributed by atoms with van der Waals surface area (Å²) in [6.45, 7) is 4.10.